The molecule has 2 saturated carbocycles. The largest absolute Gasteiger partial charge is 0.147 e. The first-order valence-corrected chi connectivity index (χ1v) is 33.2. The second-order valence-electron chi connectivity index (χ2n) is 17.7. The molecule has 0 heterocycles. The van der Waals surface area contributed by atoms with Crippen LogP contribution in [0.2, 0.25) is 9.26 Å². The van der Waals surface area contributed by atoms with Crippen LogP contribution in [-0.4, -0.2) is 6.88 Å². The van der Waals surface area contributed by atoms with Crippen molar-refractivity contribution in [3.05, 3.63) is 129 Å². The fraction of sp³-hybridized carbons (Fsp3) is 0.404. The van der Waals surface area contributed by atoms with E-state index in [0.717, 1.165) is 11.8 Å². The van der Waals surface area contributed by atoms with Crippen LogP contribution < -0.4 is 0 Å². The minimum Gasteiger partial charge on any atom is -0.147 e. The van der Waals surface area contributed by atoms with Gasteiger partial charge < -0.3 is 0 Å². The van der Waals surface area contributed by atoms with Crippen molar-refractivity contribution in [2.45, 2.75) is 107 Å². The molecule has 2 fully saturated rings. The number of rotatable bonds is 7. The third-order valence-corrected chi connectivity index (χ3v) is 30.9. The van der Waals surface area contributed by atoms with Gasteiger partial charge in [0, 0.05) is 0 Å². The molecular formula is C47H58Cl2SiZr. The number of benzene rings is 4. The van der Waals surface area contributed by atoms with E-state index < -0.39 is 17.4 Å². The van der Waals surface area contributed by atoms with E-state index in [-0.39, 0.29) is 24.8 Å². The molecular weight excluding hydrogens is 755 g/mol. The molecule has 0 N–H and O–H groups in total. The van der Waals surface area contributed by atoms with E-state index in [1.165, 1.54) is 96.7 Å². The van der Waals surface area contributed by atoms with Crippen LogP contribution >= 0.6 is 24.8 Å². The van der Waals surface area contributed by atoms with E-state index in [1.54, 1.807) is 27.8 Å². The Hall–Kier alpha value is -1.96. The average molecular weight is 813 g/mol. The van der Waals surface area contributed by atoms with Gasteiger partial charge in [0.15, 0.2) is 0 Å². The van der Waals surface area contributed by atoms with E-state index in [1.807, 2.05) is 0 Å². The molecule has 2 atom stereocenters. The number of hydrogen-bond donors (Lipinski definition) is 0. The minimum absolute atomic E-state index is 0. The Morgan fingerprint density at radius 1 is 0.588 bits per heavy atom. The van der Waals surface area contributed by atoms with Crippen LogP contribution in [0.1, 0.15) is 131 Å². The van der Waals surface area contributed by atoms with E-state index >= 15 is 0 Å². The van der Waals surface area contributed by atoms with Crippen molar-refractivity contribution < 1.29 is 17.4 Å². The van der Waals surface area contributed by atoms with E-state index in [2.05, 4.69) is 134 Å². The van der Waals surface area contributed by atoms with Gasteiger partial charge in [-0.15, -0.1) is 24.8 Å². The first-order valence-electron chi connectivity index (χ1n) is 19.5. The molecule has 4 aliphatic carbocycles. The molecule has 4 aromatic carbocycles. The van der Waals surface area contributed by atoms with Crippen molar-refractivity contribution in [2.75, 3.05) is 0 Å². The maximum atomic E-state index is 2.83. The zero-order valence-corrected chi connectivity index (χ0v) is 37.0. The third-order valence-electron chi connectivity index (χ3n) is 13.3. The molecule has 4 aliphatic rings. The summed E-state index contributed by atoms with van der Waals surface area (Å²) < 4.78 is 6.78. The third kappa shape index (κ3) is 6.95. The van der Waals surface area contributed by atoms with Gasteiger partial charge in [-0.05, 0) is 0 Å². The quantitative estimate of drug-likeness (QED) is 0.163. The standard InChI is InChI=1S/C23H25.C22H23.2CH3.2ClH.H2Si.Zr/c1-16(2)17-10-12-19(13-11-17)22-9-5-8-20-14-21(15-23(20)22)18-6-3-4-7-18;1-16-14-20-8-5-9-21(22(20)15-16)19-12-10-18(11-13-19)17-6-3-2-4-7-17;;;;;;/h5,8-16,18H,3-4,6-7H2,1-2H3;5,8-15,17H,2-4,6-7H2,1H3;2*1H3;2*1H;1H2;. The van der Waals surface area contributed by atoms with Gasteiger partial charge >= 0.3 is 301 Å². The second kappa shape index (κ2) is 15.1. The first-order chi connectivity index (χ1) is 23.6. The fourth-order valence-electron chi connectivity index (χ4n) is 11.0. The van der Waals surface area contributed by atoms with E-state index in [0.29, 0.717) is 13.2 Å². The first kappa shape index (κ1) is 38.8. The van der Waals surface area contributed by atoms with Crippen LogP contribution in [0.15, 0.2) is 96.1 Å². The maximum absolute atomic E-state index is 3.68. The smallest absolute Gasteiger partial charge is 0.147 e. The van der Waals surface area contributed by atoms with Crippen LogP contribution in [-0.2, 0) is 17.4 Å². The Morgan fingerprint density at radius 2 is 1.08 bits per heavy atom. The zero-order valence-electron chi connectivity index (χ0n) is 31.5. The monoisotopic (exact) mass is 810 g/mol. The Balaban J connectivity index is 0.00000224. The molecule has 0 amide bonds. The summed E-state index contributed by atoms with van der Waals surface area (Å²) in [5.74, 6) is 2.03. The summed E-state index contributed by atoms with van der Waals surface area (Å²) in [4.78, 5) is 0. The zero-order chi connectivity index (χ0) is 33.9. The SMILES string of the molecule is CC1=Cc2c(-c3ccc(C4CCCCC4)cc3)cccc2[CH]1[Zr]([CH3])([CH3])(=[SiH2])[CH]1C(C2CCCC2)=Cc2c(-c3ccc(C(C)C)cc3)cccc21.Cl.Cl. The number of halogens is 2. The molecule has 0 spiro atoms. The number of hydrogen-bond acceptors (Lipinski definition) is 0. The van der Waals surface area contributed by atoms with Crippen LogP contribution in [0.3, 0.4) is 0 Å². The summed E-state index contributed by atoms with van der Waals surface area (Å²) in [6.45, 7) is 9.57. The van der Waals surface area contributed by atoms with Crippen molar-refractivity contribution in [2.24, 2.45) is 5.92 Å². The molecule has 0 aliphatic heterocycles. The molecule has 268 valence electrons. The average Bonchev–Trinajstić information content (AvgIpc) is 3.86. The molecule has 0 nitrogen and oxygen atoms in total. The molecule has 4 heteroatoms. The van der Waals surface area contributed by atoms with E-state index in [4.69, 9.17) is 0 Å². The van der Waals surface area contributed by atoms with Gasteiger partial charge in [-0.1, -0.05) is 0 Å². The summed E-state index contributed by atoms with van der Waals surface area (Å²) >= 11 is -3.68. The van der Waals surface area contributed by atoms with Crippen LogP contribution in [0, 0.1) is 5.92 Å². The number of allylic oxidation sites excluding steroid dienone is 2. The van der Waals surface area contributed by atoms with Gasteiger partial charge in [0.25, 0.3) is 0 Å². The Kier molecular flexibility index (Phi) is 11.4. The molecule has 2 unspecified atom stereocenters. The van der Waals surface area contributed by atoms with Gasteiger partial charge in [0.2, 0.25) is 0 Å². The molecule has 0 aromatic heterocycles. The summed E-state index contributed by atoms with van der Waals surface area (Å²) in [7, 11) is 0. The summed E-state index contributed by atoms with van der Waals surface area (Å²) in [5.41, 5.74) is 18.2. The Labute approximate surface area is 323 Å². The van der Waals surface area contributed by atoms with Gasteiger partial charge in [0.05, 0.1) is 0 Å². The van der Waals surface area contributed by atoms with Crippen molar-refractivity contribution in [3.8, 4) is 22.3 Å². The topological polar surface area (TPSA) is 0 Å². The van der Waals surface area contributed by atoms with Crippen molar-refractivity contribution in [1.29, 1.82) is 0 Å². The van der Waals surface area contributed by atoms with Crippen LogP contribution in [0.5, 0.6) is 0 Å². The van der Waals surface area contributed by atoms with Crippen molar-refractivity contribution >= 4 is 43.8 Å². The second-order valence-corrected chi connectivity index (χ2v) is 48.1. The predicted molar refractivity (Wildman–Crippen MR) is 228 cm³/mol. The van der Waals surface area contributed by atoms with Crippen molar-refractivity contribution in [3.63, 3.8) is 0 Å². The van der Waals surface area contributed by atoms with Crippen LogP contribution in [0.4, 0.5) is 0 Å². The van der Waals surface area contributed by atoms with Crippen molar-refractivity contribution in [1.82, 2.24) is 0 Å². The minimum atomic E-state index is -3.68. The molecule has 51 heavy (non-hydrogen) atoms. The maximum Gasteiger partial charge on any atom is -0.147 e. The normalized spacial score (nSPS) is 20.7. The van der Waals surface area contributed by atoms with Gasteiger partial charge in [-0.25, -0.2) is 0 Å². The molecule has 0 radical (unpaired) electrons. The molecule has 0 saturated heterocycles. The van der Waals surface area contributed by atoms with Gasteiger partial charge in [-0.2, -0.15) is 0 Å². The fourth-order valence-corrected chi connectivity index (χ4v) is 31.3. The molecule has 8 rings (SSSR count). The summed E-state index contributed by atoms with van der Waals surface area (Å²) in [6.07, 6.45) is 17.7. The summed E-state index contributed by atoms with van der Waals surface area (Å²) in [6, 6.07) is 33.8. The number of fused-ring (bicyclic) bond motifs is 2. The summed E-state index contributed by atoms with van der Waals surface area (Å²) in [5, 5.41) is 0. The van der Waals surface area contributed by atoms with Gasteiger partial charge in [0.1, 0.15) is 0 Å². The van der Waals surface area contributed by atoms with E-state index in [9.17, 15) is 0 Å². The van der Waals surface area contributed by atoms with Crippen LogP contribution in [0.25, 0.3) is 34.4 Å². The van der Waals surface area contributed by atoms with Gasteiger partial charge in [-0.3, -0.25) is 0 Å². The Bertz CT molecular complexity index is 2020. The Morgan fingerprint density at radius 3 is 1.65 bits per heavy atom. The predicted octanol–water partition coefficient (Wildman–Crippen LogP) is 14.2. The molecule has 4 aromatic rings. The molecule has 0 bridgehead atoms.